The second-order valence-corrected chi connectivity index (χ2v) is 4.33. The molecule has 1 N–H and O–H groups in total. The summed E-state index contributed by atoms with van der Waals surface area (Å²) in [4.78, 5) is 7.98. The third kappa shape index (κ3) is 1.94. The van der Waals surface area contributed by atoms with Crippen molar-refractivity contribution in [3.8, 4) is 11.4 Å². The van der Waals surface area contributed by atoms with Crippen molar-refractivity contribution in [3.63, 3.8) is 0 Å². The Labute approximate surface area is 101 Å². The summed E-state index contributed by atoms with van der Waals surface area (Å²) < 4.78 is 0. The summed E-state index contributed by atoms with van der Waals surface area (Å²) in [5.41, 5.74) is 3.23. The van der Waals surface area contributed by atoms with E-state index in [2.05, 4.69) is 53.3 Å². The molecule has 2 aromatic rings. The maximum atomic E-state index is 4.62. The minimum absolute atomic E-state index is 0.470. The van der Waals surface area contributed by atoms with Crippen molar-refractivity contribution in [1.29, 1.82) is 0 Å². The van der Waals surface area contributed by atoms with Gasteiger partial charge in [0.05, 0.1) is 11.4 Å². The number of nitrogens with one attached hydrogen (secondary N) is 1. The Morgan fingerprint density at radius 1 is 1.06 bits per heavy atom. The Bertz CT molecular complexity index is 545. The molecule has 0 aliphatic heterocycles. The number of allylic oxidation sites excluding steroid dienone is 2. The molecule has 3 rings (SSSR count). The van der Waals surface area contributed by atoms with Gasteiger partial charge >= 0.3 is 0 Å². The number of nitrogens with zero attached hydrogens (tertiary/aromatic N) is 1. The lowest BCUT2D eigenvalue weighted by molar-refractivity contribution is 0.953. The zero-order valence-electron chi connectivity index (χ0n) is 9.72. The molecule has 1 aromatic heterocycles. The van der Waals surface area contributed by atoms with Gasteiger partial charge in [-0.25, -0.2) is 4.98 Å². The second kappa shape index (κ2) is 4.06. The van der Waals surface area contributed by atoms with Crippen LogP contribution in [0, 0.1) is 5.92 Å². The van der Waals surface area contributed by atoms with Crippen LogP contribution < -0.4 is 0 Å². The lowest BCUT2D eigenvalue weighted by Crippen LogP contribution is -1.81. The highest BCUT2D eigenvalue weighted by Crippen LogP contribution is 2.22. The molecule has 1 atom stereocenters. The fourth-order valence-electron chi connectivity index (χ4n) is 1.94. The van der Waals surface area contributed by atoms with Crippen LogP contribution in [0.3, 0.4) is 0 Å². The largest absolute Gasteiger partial charge is 0.338 e. The molecule has 0 spiro atoms. The lowest BCUT2D eigenvalue weighted by atomic mass is 10.2. The SMILES string of the molecule is CC1C=Cc2nc(-c3ccccc3)[nH]c2C=C1. The number of aromatic nitrogens is 2. The molecule has 0 saturated heterocycles. The van der Waals surface area contributed by atoms with Crippen LogP contribution in [0.25, 0.3) is 23.5 Å². The first-order valence-corrected chi connectivity index (χ1v) is 5.85. The highest BCUT2D eigenvalue weighted by molar-refractivity contribution is 5.67. The van der Waals surface area contributed by atoms with E-state index in [1.807, 2.05) is 18.2 Å². The predicted octanol–water partition coefficient (Wildman–Crippen LogP) is 3.75. The van der Waals surface area contributed by atoms with Gasteiger partial charge in [0, 0.05) is 5.56 Å². The molecule has 0 amide bonds. The van der Waals surface area contributed by atoms with Gasteiger partial charge < -0.3 is 4.98 Å². The van der Waals surface area contributed by atoms with Crippen LogP contribution in [0.4, 0.5) is 0 Å². The summed E-state index contributed by atoms with van der Waals surface area (Å²) >= 11 is 0. The van der Waals surface area contributed by atoms with Crippen LogP contribution in [0.2, 0.25) is 0 Å². The molecule has 17 heavy (non-hydrogen) atoms. The van der Waals surface area contributed by atoms with Crippen LogP contribution in [0.1, 0.15) is 18.3 Å². The average Bonchev–Trinajstić information content (AvgIpc) is 2.71. The lowest BCUT2D eigenvalue weighted by Gasteiger charge is -1.95. The normalized spacial score (nSPS) is 14.6. The highest BCUT2D eigenvalue weighted by Gasteiger charge is 2.09. The van der Waals surface area contributed by atoms with Crippen LogP contribution in [-0.2, 0) is 0 Å². The third-order valence-electron chi connectivity index (χ3n) is 2.93. The molecule has 0 bridgehead atoms. The highest BCUT2D eigenvalue weighted by atomic mass is 14.9. The molecule has 0 fully saturated rings. The number of fused-ring (bicyclic) bond motifs is 1. The van der Waals surface area contributed by atoms with Gasteiger partial charge in [-0.05, 0) is 18.1 Å². The van der Waals surface area contributed by atoms with Gasteiger partial charge in [-0.15, -0.1) is 0 Å². The molecule has 1 aliphatic rings. The summed E-state index contributed by atoms with van der Waals surface area (Å²) in [7, 11) is 0. The molecule has 84 valence electrons. The number of benzene rings is 1. The Balaban J connectivity index is 2.05. The van der Waals surface area contributed by atoms with Crippen molar-refractivity contribution >= 4 is 12.2 Å². The summed E-state index contributed by atoms with van der Waals surface area (Å²) in [6, 6.07) is 10.2. The summed E-state index contributed by atoms with van der Waals surface area (Å²) in [6.07, 6.45) is 8.54. The van der Waals surface area contributed by atoms with Gasteiger partial charge in [-0.3, -0.25) is 0 Å². The minimum atomic E-state index is 0.470. The molecule has 0 radical (unpaired) electrons. The van der Waals surface area contributed by atoms with Gasteiger partial charge in [0.2, 0.25) is 0 Å². The quantitative estimate of drug-likeness (QED) is 0.782. The summed E-state index contributed by atoms with van der Waals surface area (Å²) in [5, 5.41) is 0. The van der Waals surface area contributed by atoms with Gasteiger partial charge in [0.15, 0.2) is 0 Å². The van der Waals surface area contributed by atoms with Crippen LogP contribution >= 0.6 is 0 Å². The van der Waals surface area contributed by atoms with E-state index in [1.54, 1.807) is 0 Å². The van der Waals surface area contributed by atoms with Crippen molar-refractivity contribution in [2.45, 2.75) is 6.92 Å². The number of rotatable bonds is 1. The predicted molar refractivity (Wildman–Crippen MR) is 71.3 cm³/mol. The van der Waals surface area contributed by atoms with Gasteiger partial charge in [-0.2, -0.15) is 0 Å². The smallest absolute Gasteiger partial charge is 0.138 e. The fraction of sp³-hybridized carbons (Fsp3) is 0.133. The van der Waals surface area contributed by atoms with Crippen LogP contribution in [0.5, 0.6) is 0 Å². The topological polar surface area (TPSA) is 28.7 Å². The number of hydrogen-bond acceptors (Lipinski definition) is 1. The van der Waals surface area contributed by atoms with Gasteiger partial charge in [-0.1, -0.05) is 49.4 Å². The maximum Gasteiger partial charge on any atom is 0.138 e. The molecule has 2 nitrogen and oxygen atoms in total. The van der Waals surface area contributed by atoms with E-state index >= 15 is 0 Å². The van der Waals surface area contributed by atoms with Crippen molar-refractivity contribution in [3.05, 3.63) is 53.9 Å². The van der Waals surface area contributed by atoms with E-state index in [0.29, 0.717) is 5.92 Å². The number of H-pyrrole nitrogens is 1. The van der Waals surface area contributed by atoms with E-state index in [0.717, 1.165) is 22.8 Å². The minimum Gasteiger partial charge on any atom is -0.338 e. The first kappa shape index (κ1) is 10.1. The number of aromatic amines is 1. The second-order valence-electron chi connectivity index (χ2n) is 4.33. The molecule has 0 saturated carbocycles. The first-order chi connectivity index (χ1) is 8.33. The maximum absolute atomic E-state index is 4.62. The van der Waals surface area contributed by atoms with E-state index in [4.69, 9.17) is 0 Å². The standard InChI is InChI=1S/C15H14N2/c1-11-7-9-13-14(10-8-11)17-15(16-13)12-5-3-2-4-6-12/h2-11H,1H3,(H,16,17). The molecule has 1 aromatic carbocycles. The van der Waals surface area contributed by atoms with Crippen molar-refractivity contribution in [2.75, 3.05) is 0 Å². The number of hydrogen-bond donors (Lipinski definition) is 1. The van der Waals surface area contributed by atoms with Crippen molar-refractivity contribution < 1.29 is 0 Å². The zero-order valence-corrected chi connectivity index (χ0v) is 9.72. The van der Waals surface area contributed by atoms with Gasteiger partial charge in [0.1, 0.15) is 5.82 Å². The monoisotopic (exact) mass is 222 g/mol. The van der Waals surface area contributed by atoms with E-state index in [1.165, 1.54) is 0 Å². The van der Waals surface area contributed by atoms with Crippen molar-refractivity contribution in [1.82, 2.24) is 9.97 Å². The summed E-state index contributed by atoms with van der Waals surface area (Å²) in [5.74, 6) is 1.40. The Morgan fingerprint density at radius 3 is 2.65 bits per heavy atom. The van der Waals surface area contributed by atoms with Crippen LogP contribution in [0.15, 0.2) is 42.5 Å². The van der Waals surface area contributed by atoms with Crippen molar-refractivity contribution in [2.24, 2.45) is 5.92 Å². The fourth-order valence-corrected chi connectivity index (χ4v) is 1.94. The Kier molecular flexibility index (Phi) is 2.41. The van der Waals surface area contributed by atoms with E-state index in [-0.39, 0.29) is 0 Å². The summed E-state index contributed by atoms with van der Waals surface area (Å²) in [6.45, 7) is 2.16. The Morgan fingerprint density at radius 2 is 1.82 bits per heavy atom. The van der Waals surface area contributed by atoms with E-state index < -0.39 is 0 Å². The molecule has 1 aliphatic carbocycles. The molecule has 1 heterocycles. The van der Waals surface area contributed by atoms with Crippen LogP contribution in [-0.4, -0.2) is 9.97 Å². The Hall–Kier alpha value is -2.09. The van der Waals surface area contributed by atoms with E-state index in [9.17, 15) is 0 Å². The average molecular weight is 222 g/mol. The number of imidazole rings is 1. The molecular weight excluding hydrogens is 208 g/mol. The molecule has 2 heteroatoms. The molecular formula is C15H14N2. The van der Waals surface area contributed by atoms with Gasteiger partial charge in [0.25, 0.3) is 0 Å². The molecule has 1 unspecified atom stereocenters. The third-order valence-corrected chi connectivity index (χ3v) is 2.93. The first-order valence-electron chi connectivity index (χ1n) is 5.85. The zero-order chi connectivity index (χ0) is 11.7.